The first-order chi connectivity index (χ1) is 18.5. The number of aliphatic hydroxyl groups is 1. The maximum Gasteiger partial charge on any atom is 0.237 e. The fourth-order valence-electron chi connectivity index (χ4n) is 4.48. The van der Waals surface area contributed by atoms with E-state index in [0.717, 1.165) is 10.4 Å². The number of nitrogens with one attached hydrogen (secondary N) is 2. The van der Waals surface area contributed by atoms with Crippen molar-refractivity contribution < 1.29 is 13.9 Å². The average molecular weight is 557 g/mol. The molecule has 12 heteroatoms. The zero-order valence-electron chi connectivity index (χ0n) is 22.3. The minimum absolute atomic E-state index is 0.00255. The van der Waals surface area contributed by atoms with Crippen LogP contribution in [0.2, 0.25) is 0 Å². The number of allylic oxidation sites excluding steroid dienone is 5. The van der Waals surface area contributed by atoms with E-state index in [9.17, 15) is 9.65 Å². The molecule has 0 bridgehead atoms. The Morgan fingerprint density at radius 1 is 1.36 bits per heavy atom. The summed E-state index contributed by atoms with van der Waals surface area (Å²) < 4.78 is 30.4. The van der Waals surface area contributed by atoms with E-state index in [1.165, 1.54) is 12.1 Å². The molecule has 0 amide bonds. The Balaban J connectivity index is 1.73. The van der Waals surface area contributed by atoms with Crippen molar-refractivity contribution in [1.82, 2.24) is 30.6 Å². The molecule has 2 aromatic heterocycles. The van der Waals surface area contributed by atoms with Crippen LogP contribution in [0.25, 0.3) is 0 Å². The molecule has 2 atom stereocenters. The third kappa shape index (κ3) is 6.34. The zero-order valence-corrected chi connectivity index (χ0v) is 23.0. The summed E-state index contributed by atoms with van der Waals surface area (Å²) in [5, 5.41) is 33.8. The normalized spacial score (nSPS) is 19.2. The summed E-state index contributed by atoms with van der Waals surface area (Å²) in [5.41, 5.74) is 3.21. The predicted molar refractivity (Wildman–Crippen MR) is 143 cm³/mol. The number of aromatic nitrogens is 4. The lowest BCUT2D eigenvalue weighted by Crippen LogP contribution is -2.36. The Labute approximate surface area is 231 Å². The van der Waals surface area contributed by atoms with Gasteiger partial charge in [0.2, 0.25) is 11.9 Å². The fourth-order valence-corrected chi connectivity index (χ4v) is 4.80. The van der Waals surface area contributed by atoms with Gasteiger partial charge in [0.15, 0.2) is 0 Å². The minimum Gasteiger partial charge on any atom is -0.396 e. The van der Waals surface area contributed by atoms with Gasteiger partial charge in [-0.2, -0.15) is 14.0 Å². The van der Waals surface area contributed by atoms with Crippen LogP contribution in [-0.2, 0) is 6.54 Å². The molecular formula is C27H31ClF2N8O. The number of nitrogens with zero attached hydrogens (tertiary/aromatic N) is 6. The van der Waals surface area contributed by atoms with Crippen molar-refractivity contribution in [3.05, 3.63) is 75.3 Å². The van der Waals surface area contributed by atoms with Gasteiger partial charge in [-0.25, -0.2) is 9.67 Å². The van der Waals surface area contributed by atoms with Crippen LogP contribution in [0.5, 0.6) is 0 Å². The third-order valence-corrected chi connectivity index (χ3v) is 6.70. The van der Waals surface area contributed by atoms with Crippen LogP contribution >= 0.6 is 11.6 Å². The largest absolute Gasteiger partial charge is 0.396 e. The van der Waals surface area contributed by atoms with Crippen LogP contribution < -0.4 is 10.6 Å². The van der Waals surface area contributed by atoms with Crippen molar-refractivity contribution in [3.63, 3.8) is 0 Å². The van der Waals surface area contributed by atoms with E-state index in [4.69, 9.17) is 21.7 Å². The van der Waals surface area contributed by atoms with Crippen LogP contribution in [-0.4, -0.2) is 43.9 Å². The zero-order chi connectivity index (χ0) is 28.3. The first-order valence-electron chi connectivity index (χ1n) is 12.6. The summed E-state index contributed by atoms with van der Waals surface area (Å²) in [5.74, 6) is -1.66. The number of fused-ring (bicyclic) bond motifs is 1. The molecular weight excluding hydrogens is 526 g/mol. The number of rotatable bonds is 8. The van der Waals surface area contributed by atoms with Crippen LogP contribution in [0.4, 0.5) is 8.78 Å². The lowest BCUT2D eigenvalue weighted by atomic mass is 9.84. The molecule has 0 spiro atoms. The molecule has 0 fully saturated rings. The van der Waals surface area contributed by atoms with Gasteiger partial charge in [0.25, 0.3) is 0 Å². The van der Waals surface area contributed by atoms with E-state index in [1.54, 1.807) is 19.2 Å². The third-order valence-electron chi connectivity index (χ3n) is 6.39. The van der Waals surface area contributed by atoms with Crippen molar-refractivity contribution in [2.45, 2.75) is 53.1 Å². The van der Waals surface area contributed by atoms with E-state index in [0.29, 0.717) is 52.7 Å². The molecule has 2 aliphatic rings. The van der Waals surface area contributed by atoms with Gasteiger partial charge in [-0.1, -0.05) is 43.7 Å². The summed E-state index contributed by atoms with van der Waals surface area (Å²) in [6, 6.07) is 4.09. The van der Waals surface area contributed by atoms with Crippen molar-refractivity contribution in [3.8, 4) is 6.07 Å². The smallest absolute Gasteiger partial charge is 0.237 e. The molecule has 2 aromatic rings. The molecule has 1 aliphatic heterocycles. The Morgan fingerprint density at radius 3 is 2.79 bits per heavy atom. The van der Waals surface area contributed by atoms with E-state index in [-0.39, 0.29) is 30.2 Å². The molecule has 1 aliphatic carbocycles. The Bertz CT molecular complexity index is 1410. The molecule has 1 unspecified atom stereocenters. The highest BCUT2D eigenvalue weighted by Crippen LogP contribution is 2.37. The molecule has 9 nitrogen and oxygen atoms in total. The van der Waals surface area contributed by atoms with E-state index >= 15 is 4.39 Å². The number of hydrogen-bond donors (Lipinski definition) is 3. The highest BCUT2D eigenvalue weighted by atomic mass is 35.5. The predicted octanol–water partition coefficient (Wildman–Crippen LogP) is 4.17. The van der Waals surface area contributed by atoms with Crippen LogP contribution in [0, 0.1) is 41.5 Å². The Hall–Kier alpha value is -3.62. The standard InChI is InChI=1S/C27H31ClF2N8O/c1-15-18(6-7-21(29)34-15)24(25-26(30)38(37-36-25)8-5-9-39)35-17-10-19-22(33-14-27(2,3)4)16(12-31)13-32-23(19)20(28)11-17/h6-7,11,13,19,24,32,35,39H,5,8-10,14H2,1-4H3/t19?,24-/m0/s1. The Kier molecular flexibility index (Phi) is 8.47. The number of aliphatic hydroxyl groups excluding tert-OH is 1. The van der Waals surface area contributed by atoms with Crippen molar-refractivity contribution in [2.75, 3.05) is 13.2 Å². The van der Waals surface area contributed by atoms with E-state index < -0.39 is 17.9 Å². The highest BCUT2D eigenvalue weighted by molar-refractivity contribution is 6.32. The monoisotopic (exact) mass is 556 g/mol. The molecule has 0 radical (unpaired) electrons. The molecule has 0 saturated heterocycles. The molecule has 0 saturated carbocycles. The van der Waals surface area contributed by atoms with E-state index in [2.05, 4.69) is 52.8 Å². The molecule has 3 heterocycles. The van der Waals surface area contributed by atoms with Gasteiger partial charge in [0.1, 0.15) is 17.8 Å². The second-order valence-electron chi connectivity index (χ2n) is 10.7. The summed E-state index contributed by atoms with van der Waals surface area (Å²) in [4.78, 5) is 8.72. The van der Waals surface area contributed by atoms with Crippen LogP contribution in [0.3, 0.4) is 0 Å². The van der Waals surface area contributed by atoms with Gasteiger partial charge in [0.05, 0.1) is 16.3 Å². The maximum atomic E-state index is 15.5. The second kappa shape index (κ2) is 11.6. The minimum atomic E-state index is -0.865. The molecule has 0 aromatic carbocycles. The van der Waals surface area contributed by atoms with Crippen LogP contribution in [0.1, 0.15) is 56.6 Å². The molecule has 39 heavy (non-hydrogen) atoms. The van der Waals surface area contributed by atoms with Gasteiger partial charge in [-0.15, -0.1) is 5.10 Å². The number of halogens is 3. The number of nitriles is 1. The van der Waals surface area contributed by atoms with Crippen molar-refractivity contribution >= 4 is 17.3 Å². The SMILES string of the molecule is Cc1nc(F)ccc1[C@H](NC1=CC(Cl)=C2NC=C(C#N)C(=NCC(C)(C)C)C2C1)c1nnn(CCCO)c1F. The van der Waals surface area contributed by atoms with Gasteiger partial charge < -0.3 is 15.7 Å². The quantitative estimate of drug-likeness (QED) is 0.417. The van der Waals surface area contributed by atoms with Gasteiger partial charge in [-0.05, 0) is 30.9 Å². The average Bonchev–Trinajstić information content (AvgIpc) is 3.24. The topological polar surface area (TPSA) is 124 Å². The lowest BCUT2D eigenvalue weighted by Gasteiger charge is -2.33. The first-order valence-corrected chi connectivity index (χ1v) is 13.0. The van der Waals surface area contributed by atoms with Gasteiger partial charge in [-0.3, -0.25) is 4.99 Å². The molecule has 4 rings (SSSR count). The number of hydrogen-bond acceptors (Lipinski definition) is 8. The lowest BCUT2D eigenvalue weighted by molar-refractivity contribution is 0.271. The summed E-state index contributed by atoms with van der Waals surface area (Å²) in [6.45, 7) is 8.37. The highest BCUT2D eigenvalue weighted by Gasteiger charge is 2.35. The number of pyridine rings is 1. The summed E-state index contributed by atoms with van der Waals surface area (Å²) >= 11 is 6.69. The number of aliphatic imine (C=N–C) groups is 1. The van der Waals surface area contributed by atoms with Gasteiger partial charge >= 0.3 is 0 Å². The molecule has 206 valence electrons. The van der Waals surface area contributed by atoms with Gasteiger partial charge in [0, 0.05) is 60.9 Å². The summed E-state index contributed by atoms with van der Waals surface area (Å²) in [6.07, 6.45) is 4.05. The van der Waals surface area contributed by atoms with Crippen LogP contribution in [0.15, 0.2) is 51.4 Å². The maximum absolute atomic E-state index is 15.5. The first kappa shape index (κ1) is 28.4. The summed E-state index contributed by atoms with van der Waals surface area (Å²) in [7, 11) is 0. The van der Waals surface area contributed by atoms with Crippen molar-refractivity contribution in [1.29, 1.82) is 5.26 Å². The Morgan fingerprint density at radius 2 is 2.13 bits per heavy atom. The van der Waals surface area contributed by atoms with Crippen molar-refractivity contribution in [2.24, 2.45) is 16.3 Å². The number of aryl methyl sites for hydroxylation is 2. The fraction of sp³-hybridized carbons (Fsp3) is 0.444. The molecule has 3 N–H and O–H groups in total. The van der Waals surface area contributed by atoms with E-state index in [1.807, 2.05) is 0 Å². The second-order valence-corrected chi connectivity index (χ2v) is 11.1.